The molecule has 1 saturated carbocycles. The first-order chi connectivity index (χ1) is 5.74. The smallest absolute Gasteiger partial charge is 0.217 e. The summed E-state index contributed by atoms with van der Waals surface area (Å²) in [7, 11) is 0. The predicted octanol–water partition coefficient (Wildman–Crippen LogP) is 2.08. The van der Waals surface area contributed by atoms with Crippen molar-refractivity contribution in [1.82, 2.24) is 0 Å². The Morgan fingerprint density at radius 3 is 2.67 bits per heavy atom. The van der Waals surface area contributed by atoms with E-state index in [0.29, 0.717) is 6.42 Å². The van der Waals surface area contributed by atoms with Crippen LogP contribution < -0.4 is 5.73 Å². The molecule has 0 aromatic rings. The Bertz CT molecular complexity index is 156. The highest BCUT2D eigenvalue weighted by molar-refractivity contribution is 5.73. The van der Waals surface area contributed by atoms with E-state index >= 15 is 0 Å². The van der Waals surface area contributed by atoms with Gasteiger partial charge in [0.2, 0.25) is 5.91 Å². The molecule has 2 heteroatoms. The van der Waals surface area contributed by atoms with E-state index in [1.54, 1.807) is 0 Å². The summed E-state index contributed by atoms with van der Waals surface area (Å²) in [6.45, 7) is 2.22. The first-order valence-electron chi connectivity index (χ1n) is 5.02. The molecule has 0 aliphatic heterocycles. The van der Waals surface area contributed by atoms with Gasteiger partial charge >= 0.3 is 0 Å². The number of rotatable bonds is 6. The lowest BCUT2D eigenvalue weighted by Gasteiger charge is -1.96. The molecule has 0 heterocycles. The van der Waals surface area contributed by atoms with Crippen LogP contribution >= 0.6 is 0 Å². The van der Waals surface area contributed by atoms with E-state index in [4.69, 9.17) is 5.73 Å². The summed E-state index contributed by atoms with van der Waals surface area (Å²) >= 11 is 0. The molecule has 70 valence electrons. The number of carbonyl (C=O) groups is 1. The van der Waals surface area contributed by atoms with Crippen molar-refractivity contribution in [3.8, 4) is 0 Å². The number of primary amides is 1. The fraction of sp³-hybridized carbons (Fsp3) is 0.900. The fourth-order valence-corrected chi connectivity index (χ4v) is 1.81. The fourth-order valence-electron chi connectivity index (χ4n) is 1.81. The van der Waals surface area contributed by atoms with Crippen LogP contribution in [0.1, 0.15) is 45.4 Å². The van der Waals surface area contributed by atoms with Gasteiger partial charge in [-0.25, -0.2) is 0 Å². The highest BCUT2D eigenvalue weighted by Gasteiger charge is 2.35. The third kappa shape index (κ3) is 3.24. The Morgan fingerprint density at radius 2 is 2.08 bits per heavy atom. The summed E-state index contributed by atoms with van der Waals surface area (Å²) in [4.78, 5) is 10.5. The monoisotopic (exact) mass is 169 g/mol. The molecular formula is C10H19NO. The maximum atomic E-state index is 10.5. The first-order valence-corrected chi connectivity index (χ1v) is 5.02. The van der Waals surface area contributed by atoms with Crippen molar-refractivity contribution in [2.75, 3.05) is 0 Å². The van der Waals surface area contributed by atoms with Crippen LogP contribution in [0.15, 0.2) is 0 Å². The number of hydrogen-bond acceptors (Lipinski definition) is 1. The van der Waals surface area contributed by atoms with Crippen molar-refractivity contribution in [3.63, 3.8) is 0 Å². The van der Waals surface area contributed by atoms with E-state index < -0.39 is 0 Å². The molecule has 1 aliphatic rings. The largest absolute Gasteiger partial charge is 0.370 e. The lowest BCUT2D eigenvalue weighted by Crippen LogP contribution is -2.10. The van der Waals surface area contributed by atoms with Crippen LogP contribution in [0.3, 0.4) is 0 Å². The van der Waals surface area contributed by atoms with E-state index in [1.807, 2.05) is 0 Å². The maximum absolute atomic E-state index is 10.5. The van der Waals surface area contributed by atoms with Gasteiger partial charge in [0.1, 0.15) is 0 Å². The quantitative estimate of drug-likeness (QED) is 0.650. The van der Waals surface area contributed by atoms with Gasteiger partial charge in [-0.15, -0.1) is 0 Å². The van der Waals surface area contributed by atoms with Crippen LogP contribution in [0, 0.1) is 11.8 Å². The third-order valence-electron chi connectivity index (χ3n) is 2.76. The molecule has 2 atom stereocenters. The van der Waals surface area contributed by atoms with Crippen LogP contribution in [-0.2, 0) is 4.79 Å². The lowest BCUT2D eigenvalue weighted by atomic mass is 10.1. The van der Waals surface area contributed by atoms with Crippen molar-refractivity contribution in [1.29, 1.82) is 0 Å². The van der Waals surface area contributed by atoms with E-state index in [0.717, 1.165) is 18.3 Å². The zero-order valence-corrected chi connectivity index (χ0v) is 7.88. The molecule has 0 spiro atoms. The molecule has 0 aromatic carbocycles. The third-order valence-corrected chi connectivity index (χ3v) is 2.76. The minimum atomic E-state index is -0.142. The van der Waals surface area contributed by atoms with Gasteiger partial charge in [0.25, 0.3) is 0 Å². The average Bonchev–Trinajstić information content (AvgIpc) is 2.76. The average molecular weight is 169 g/mol. The molecule has 0 radical (unpaired) electrons. The van der Waals surface area contributed by atoms with Gasteiger partial charge in [-0.3, -0.25) is 4.79 Å². The number of hydrogen-bond donors (Lipinski definition) is 1. The highest BCUT2D eigenvalue weighted by atomic mass is 16.1. The molecule has 1 aliphatic carbocycles. The lowest BCUT2D eigenvalue weighted by molar-refractivity contribution is -0.118. The summed E-state index contributed by atoms with van der Waals surface area (Å²) in [5.41, 5.74) is 5.08. The summed E-state index contributed by atoms with van der Waals surface area (Å²) in [5.74, 6) is 1.60. The van der Waals surface area contributed by atoms with E-state index in [-0.39, 0.29) is 5.91 Å². The van der Waals surface area contributed by atoms with Gasteiger partial charge < -0.3 is 5.73 Å². The van der Waals surface area contributed by atoms with Crippen molar-refractivity contribution >= 4 is 5.91 Å². The predicted molar refractivity (Wildman–Crippen MR) is 49.6 cm³/mol. The second-order valence-corrected chi connectivity index (χ2v) is 3.90. The summed E-state index contributed by atoms with van der Waals surface area (Å²) in [6.07, 6.45) is 6.96. The normalized spacial score (nSPS) is 27.1. The Hall–Kier alpha value is -0.530. The zero-order chi connectivity index (χ0) is 8.97. The van der Waals surface area contributed by atoms with Crippen molar-refractivity contribution in [2.24, 2.45) is 17.6 Å². The molecule has 2 nitrogen and oxygen atoms in total. The van der Waals surface area contributed by atoms with Gasteiger partial charge in [-0.05, 0) is 24.7 Å². The second-order valence-electron chi connectivity index (χ2n) is 3.90. The summed E-state index contributed by atoms with van der Waals surface area (Å²) in [5, 5.41) is 0. The van der Waals surface area contributed by atoms with E-state index in [9.17, 15) is 4.79 Å². The van der Waals surface area contributed by atoms with Crippen LogP contribution in [0.5, 0.6) is 0 Å². The van der Waals surface area contributed by atoms with Crippen LogP contribution in [-0.4, -0.2) is 5.91 Å². The molecule has 1 rings (SSSR count). The second kappa shape index (κ2) is 4.48. The summed E-state index contributed by atoms with van der Waals surface area (Å²) < 4.78 is 0. The zero-order valence-electron chi connectivity index (χ0n) is 7.88. The Balaban J connectivity index is 1.97. The topological polar surface area (TPSA) is 43.1 Å². The van der Waals surface area contributed by atoms with Crippen LogP contribution in [0.2, 0.25) is 0 Å². The Labute approximate surface area is 74.5 Å². The molecule has 0 aromatic heterocycles. The van der Waals surface area contributed by atoms with Gasteiger partial charge in [0, 0.05) is 6.42 Å². The standard InChI is InChI=1S/C10H19NO/c1-2-3-4-8-7-9(8)5-6-10(11)12/h8-9H,2-7H2,1H3,(H2,11,12). The van der Waals surface area contributed by atoms with Gasteiger partial charge in [-0.2, -0.15) is 0 Å². The Kier molecular flexibility index (Phi) is 3.57. The molecule has 0 saturated heterocycles. The minimum Gasteiger partial charge on any atom is -0.370 e. The number of nitrogens with two attached hydrogens (primary N) is 1. The number of unbranched alkanes of at least 4 members (excludes halogenated alkanes) is 1. The highest BCUT2D eigenvalue weighted by Crippen LogP contribution is 2.45. The number of amides is 1. The van der Waals surface area contributed by atoms with Gasteiger partial charge in [-0.1, -0.05) is 26.2 Å². The Morgan fingerprint density at radius 1 is 1.42 bits per heavy atom. The molecule has 0 bridgehead atoms. The molecule has 12 heavy (non-hydrogen) atoms. The van der Waals surface area contributed by atoms with Crippen molar-refractivity contribution in [3.05, 3.63) is 0 Å². The molecular weight excluding hydrogens is 150 g/mol. The van der Waals surface area contributed by atoms with Gasteiger partial charge in [0.05, 0.1) is 0 Å². The van der Waals surface area contributed by atoms with Crippen LogP contribution in [0.25, 0.3) is 0 Å². The van der Waals surface area contributed by atoms with Gasteiger partial charge in [0.15, 0.2) is 0 Å². The van der Waals surface area contributed by atoms with E-state index in [2.05, 4.69) is 6.92 Å². The summed E-state index contributed by atoms with van der Waals surface area (Å²) in [6, 6.07) is 0. The van der Waals surface area contributed by atoms with Crippen molar-refractivity contribution in [2.45, 2.75) is 45.4 Å². The maximum Gasteiger partial charge on any atom is 0.217 e. The number of carbonyl (C=O) groups excluding carboxylic acids is 1. The SMILES string of the molecule is CCCCC1CC1CCC(N)=O. The van der Waals surface area contributed by atoms with E-state index in [1.165, 1.54) is 25.7 Å². The molecule has 2 N–H and O–H groups in total. The first kappa shape index (κ1) is 9.56. The molecule has 1 amide bonds. The van der Waals surface area contributed by atoms with Crippen molar-refractivity contribution < 1.29 is 4.79 Å². The molecule has 2 unspecified atom stereocenters. The minimum absolute atomic E-state index is 0.142. The van der Waals surface area contributed by atoms with Crippen LogP contribution in [0.4, 0.5) is 0 Å². The molecule has 1 fully saturated rings.